The van der Waals surface area contributed by atoms with Gasteiger partial charge in [-0.3, -0.25) is 14.5 Å². The zero-order chi connectivity index (χ0) is 40.7. The molecular formula is C34H36F6N4O9S2. The first-order valence-corrected chi connectivity index (χ1v) is 17.9. The maximum absolute atomic E-state index is 13.0. The number of aliphatic hydroxyl groups excluding tert-OH is 1. The molecule has 0 radical (unpaired) electrons. The van der Waals surface area contributed by atoms with Crippen molar-refractivity contribution in [1.29, 1.82) is 0 Å². The van der Waals surface area contributed by atoms with Crippen LogP contribution in [0.3, 0.4) is 0 Å². The van der Waals surface area contributed by atoms with Crippen molar-refractivity contribution in [3.8, 4) is 5.75 Å². The number of thiophene rings is 1. The van der Waals surface area contributed by atoms with Crippen molar-refractivity contribution in [2.75, 3.05) is 45.9 Å². The zero-order valence-electron chi connectivity index (χ0n) is 28.9. The monoisotopic (exact) mass is 822 g/mol. The van der Waals surface area contributed by atoms with Crippen LogP contribution in [0.2, 0.25) is 0 Å². The fourth-order valence-electron chi connectivity index (χ4n) is 5.82. The van der Waals surface area contributed by atoms with Gasteiger partial charge in [-0.2, -0.15) is 26.3 Å². The highest BCUT2D eigenvalue weighted by Gasteiger charge is 2.48. The number of phenols is 1. The number of H-pyrrole nitrogens is 1. The number of carboxylic acid groups (broad SMARTS) is 2. The standard InChI is InChI=1S/C30H34N4O5S2.2C2HF3O2/c1-19-5-8-25(40-19)28(37)34-11-12-39-30(18-34)16-33(17-30)15-21-4-2-3-20(13-21)9-10-31-14-24(36)22-6-7-23(35)26-27(22)41-29(38)32-26;2*3-2(4,5)1(6)7/h2-8,13,24,31,35-36H,9-12,14-18H2,1H3,(H,32,38);2*(H,6,7)/t24-;;/m0../s1. The number of carboxylic acids is 2. The van der Waals surface area contributed by atoms with Crippen molar-refractivity contribution >= 4 is 50.7 Å². The van der Waals surface area contributed by atoms with Crippen LogP contribution >= 0.6 is 22.7 Å². The van der Waals surface area contributed by atoms with Crippen LogP contribution in [0.5, 0.6) is 5.75 Å². The number of halogens is 6. The van der Waals surface area contributed by atoms with Gasteiger partial charge in [-0.25, -0.2) is 9.59 Å². The van der Waals surface area contributed by atoms with Crippen LogP contribution in [0.15, 0.2) is 53.3 Å². The number of nitrogens with zero attached hydrogens (tertiary/aromatic N) is 2. The SMILES string of the molecule is Cc1ccc(C(=O)N2CCOC3(CN(Cc4cccc(CCNC[C@H](O)c5ccc(O)c6[nH]c(=O)sc56)c4)C3)C2)s1.O=C(O)C(F)(F)F.O=C(O)C(F)(F)F. The highest BCUT2D eigenvalue weighted by molar-refractivity contribution is 7.16. The Balaban J connectivity index is 0.000000410. The van der Waals surface area contributed by atoms with Crippen molar-refractivity contribution < 1.29 is 65.9 Å². The Kier molecular flexibility index (Phi) is 14.1. The van der Waals surface area contributed by atoms with Gasteiger partial charge >= 0.3 is 29.2 Å². The van der Waals surface area contributed by atoms with Crippen molar-refractivity contribution in [3.63, 3.8) is 0 Å². The number of nitrogens with one attached hydrogen (secondary N) is 2. The Morgan fingerprint density at radius 3 is 2.20 bits per heavy atom. The van der Waals surface area contributed by atoms with Crippen LogP contribution in [-0.2, 0) is 27.3 Å². The van der Waals surface area contributed by atoms with Gasteiger partial charge in [-0.05, 0) is 49.2 Å². The summed E-state index contributed by atoms with van der Waals surface area (Å²) >= 11 is 2.54. The number of aromatic hydroxyl groups is 1. The number of phenolic OH excluding ortho intramolecular Hbond substituents is 1. The molecule has 13 nitrogen and oxygen atoms in total. The first-order chi connectivity index (χ1) is 25.7. The van der Waals surface area contributed by atoms with Gasteiger partial charge < -0.3 is 40.4 Å². The number of amides is 1. The number of aromatic amines is 1. The summed E-state index contributed by atoms with van der Waals surface area (Å²) in [5.41, 5.74) is 3.17. The molecule has 4 heterocycles. The number of ether oxygens (including phenoxy) is 1. The lowest BCUT2D eigenvalue weighted by molar-refractivity contribution is -0.193. The van der Waals surface area contributed by atoms with Crippen molar-refractivity contribution in [3.05, 3.63) is 84.6 Å². The number of aromatic nitrogens is 1. The third-order valence-electron chi connectivity index (χ3n) is 8.27. The van der Waals surface area contributed by atoms with Crippen LogP contribution in [0.25, 0.3) is 10.2 Å². The highest BCUT2D eigenvalue weighted by atomic mass is 32.1. The van der Waals surface area contributed by atoms with E-state index in [1.54, 1.807) is 17.4 Å². The lowest BCUT2D eigenvalue weighted by Gasteiger charge is -2.54. The summed E-state index contributed by atoms with van der Waals surface area (Å²) in [6, 6.07) is 15.6. The number of fused-ring (bicyclic) bond motifs is 1. The second-order valence-corrected chi connectivity index (χ2v) is 14.9. The van der Waals surface area contributed by atoms with Crippen LogP contribution in [0, 0.1) is 6.92 Å². The second-order valence-electron chi connectivity index (χ2n) is 12.6. The smallest absolute Gasteiger partial charge is 0.490 e. The molecule has 300 valence electrons. The number of aliphatic carboxylic acids is 2. The molecule has 2 aromatic carbocycles. The minimum absolute atomic E-state index is 0.00286. The average Bonchev–Trinajstić information content (AvgIpc) is 3.71. The zero-order valence-corrected chi connectivity index (χ0v) is 30.5. The lowest BCUT2D eigenvalue weighted by atomic mass is 9.91. The van der Waals surface area contributed by atoms with E-state index in [4.69, 9.17) is 24.5 Å². The number of hydrogen-bond donors (Lipinski definition) is 6. The topological polar surface area (TPSA) is 193 Å². The molecule has 2 saturated heterocycles. The maximum atomic E-state index is 13.0. The summed E-state index contributed by atoms with van der Waals surface area (Å²) < 4.78 is 70.2. The molecule has 2 aliphatic rings. The minimum Gasteiger partial charge on any atom is -0.506 e. The first-order valence-electron chi connectivity index (χ1n) is 16.3. The van der Waals surface area contributed by atoms with Gasteiger partial charge in [-0.1, -0.05) is 41.7 Å². The molecular weight excluding hydrogens is 787 g/mol. The summed E-state index contributed by atoms with van der Waals surface area (Å²) in [5, 5.41) is 38.3. The quantitative estimate of drug-likeness (QED) is 0.103. The predicted molar refractivity (Wildman–Crippen MR) is 188 cm³/mol. The van der Waals surface area contributed by atoms with E-state index in [2.05, 4.69) is 39.5 Å². The molecule has 2 aliphatic heterocycles. The van der Waals surface area contributed by atoms with Gasteiger partial charge in [0.05, 0.1) is 28.8 Å². The summed E-state index contributed by atoms with van der Waals surface area (Å²) in [4.78, 5) is 51.1. The van der Waals surface area contributed by atoms with Gasteiger partial charge in [0, 0.05) is 43.2 Å². The van der Waals surface area contributed by atoms with E-state index in [-0.39, 0.29) is 22.1 Å². The van der Waals surface area contributed by atoms with Crippen LogP contribution in [-0.4, -0.2) is 117 Å². The maximum Gasteiger partial charge on any atom is 0.490 e. The molecule has 0 bridgehead atoms. The van der Waals surface area contributed by atoms with E-state index >= 15 is 0 Å². The number of morpholine rings is 1. The van der Waals surface area contributed by atoms with Gasteiger partial charge in [0.15, 0.2) is 0 Å². The largest absolute Gasteiger partial charge is 0.506 e. The molecule has 1 amide bonds. The molecule has 0 unspecified atom stereocenters. The van der Waals surface area contributed by atoms with Gasteiger partial charge in [0.2, 0.25) is 0 Å². The van der Waals surface area contributed by atoms with Crippen LogP contribution in [0.4, 0.5) is 26.3 Å². The van der Waals surface area contributed by atoms with Crippen LogP contribution in [0.1, 0.15) is 37.3 Å². The Morgan fingerprint density at radius 2 is 1.60 bits per heavy atom. The first kappa shape index (κ1) is 43.2. The number of alkyl halides is 6. The molecule has 0 aliphatic carbocycles. The number of carbonyl (C=O) groups excluding carboxylic acids is 1. The Hall–Kier alpha value is -4.54. The van der Waals surface area contributed by atoms with Crippen molar-refractivity contribution in [1.82, 2.24) is 20.1 Å². The number of thiazole rings is 1. The molecule has 1 spiro atoms. The average molecular weight is 823 g/mol. The molecule has 2 fully saturated rings. The van der Waals surface area contributed by atoms with E-state index in [9.17, 15) is 46.1 Å². The van der Waals surface area contributed by atoms with E-state index in [1.165, 1.54) is 17.2 Å². The Labute approximate surface area is 316 Å². The van der Waals surface area contributed by atoms with E-state index < -0.39 is 30.4 Å². The summed E-state index contributed by atoms with van der Waals surface area (Å²) in [6.07, 6.45) is -10.1. The number of aliphatic hydroxyl groups is 1. The molecule has 4 aromatic rings. The Bertz CT molecular complexity index is 2000. The third kappa shape index (κ3) is 12.0. The van der Waals surface area contributed by atoms with E-state index in [1.807, 2.05) is 24.0 Å². The predicted octanol–water partition coefficient (Wildman–Crippen LogP) is 4.52. The Morgan fingerprint density at radius 1 is 0.964 bits per heavy atom. The molecule has 1 atom stereocenters. The normalized spacial score (nSPS) is 16.0. The number of likely N-dealkylation sites (tertiary alicyclic amines) is 1. The number of rotatable bonds is 9. The minimum atomic E-state index is -5.08. The molecule has 6 rings (SSSR count). The summed E-state index contributed by atoms with van der Waals surface area (Å²) in [5.74, 6) is -5.40. The number of hydrogen-bond acceptors (Lipinski definition) is 11. The van der Waals surface area contributed by atoms with Crippen LogP contribution < -0.4 is 10.2 Å². The number of benzene rings is 2. The molecule has 2 aromatic heterocycles. The summed E-state index contributed by atoms with van der Waals surface area (Å²) in [6.45, 7) is 7.35. The molecule has 21 heteroatoms. The summed E-state index contributed by atoms with van der Waals surface area (Å²) in [7, 11) is 0. The third-order valence-corrected chi connectivity index (χ3v) is 10.2. The van der Waals surface area contributed by atoms with Gasteiger partial charge in [-0.15, -0.1) is 11.3 Å². The molecule has 0 saturated carbocycles. The van der Waals surface area contributed by atoms with Crippen molar-refractivity contribution in [2.45, 2.75) is 43.9 Å². The van der Waals surface area contributed by atoms with E-state index in [0.717, 1.165) is 47.1 Å². The molecule has 55 heavy (non-hydrogen) atoms. The highest BCUT2D eigenvalue weighted by Crippen LogP contribution is 2.33. The second kappa shape index (κ2) is 17.9. The molecule has 6 N–H and O–H groups in total. The fraction of sp³-hybridized carbons (Fsp3) is 0.412. The van der Waals surface area contributed by atoms with Gasteiger partial charge in [0.1, 0.15) is 16.9 Å². The lowest BCUT2D eigenvalue weighted by Crippen LogP contribution is -2.70. The van der Waals surface area contributed by atoms with Crippen molar-refractivity contribution in [2.24, 2.45) is 0 Å². The fourth-order valence-corrected chi connectivity index (χ4v) is 7.57. The van der Waals surface area contributed by atoms with E-state index in [0.29, 0.717) is 48.6 Å². The number of aryl methyl sites for hydroxylation is 1. The van der Waals surface area contributed by atoms with Gasteiger partial charge in [0.25, 0.3) is 5.91 Å². The number of carbonyl (C=O) groups is 3.